The lowest BCUT2D eigenvalue weighted by Crippen LogP contribution is -2.22. The van der Waals surface area contributed by atoms with Crippen molar-refractivity contribution in [1.82, 2.24) is 5.32 Å². The van der Waals surface area contributed by atoms with E-state index in [0.717, 1.165) is 18.9 Å². The molecule has 2 aliphatic rings. The molecular weight excluding hydrogens is 198 g/mol. The van der Waals surface area contributed by atoms with E-state index in [1.165, 1.54) is 24.8 Å². The van der Waals surface area contributed by atoms with Gasteiger partial charge in [-0.1, -0.05) is 18.2 Å². The third kappa shape index (κ3) is 1.71. The SMILES string of the molecule is CNCC1(CC2COc3ccccc32)CC1. The van der Waals surface area contributed by atoms with Crippen molar-refractivity contribution < 1.29 is 4.74 Å². The molecule has 1 aliphatic carbocycles. The van der Waals surface area contributed by atoms with Crippen LogP contribution in [0.3, 0.4) is 0 Å². The highest BCUT2D eigenvalue weighted by Gasteiger charge is 2.44. The molecule has 0 bridgehead atoms. The Bertz CT molecular complexity index is 384. The van der Waals surface area contributed by atoms with Crippen molar-refractivity contribution >= 4 is 0 Å². The van der Waals surface area contributed by atoms with E-state index in [-0.39, 0.29) is 0 Å². The molecule has 1 heterocycles. The molecule has 1 fully saturated rings. The first-order chi connectivity index (χ1) is 7.83. The van der Waals surface area contributed by atoms with Crippen molar-refractivity contribution in [2.75, 3.05) is 20.2 Å². The van der Waals surface area contributed by atoms with E-state index in [1.807, 2.05) is 0 Å². The third-order valence-electron chi connectivity index (χ3n) is 3.99. The van der Waals surface area contributed by atoms with Crippen LogP contribution in [0.25, 0.3) is 0 Å². The number of benzene rings is 1. The van der Waals surface area contributed by atoms with Gasteiger partial charge in [0.15, 0.2) is 0 Å². The van der Waals surface area contributed by atoms with Gasteiger partial charge in [-0.2, -0.15) is 0 Å². The van der Waals surface area contributed by atoms with Crippen LogP contribution in [0.5, 0.6) is 5.75 Å². The van der Waals surface area contributed by atoms with Gasteiger partial charge in [-0.25, -0.2) is 0 Å². The fourth-order valence-electron chi connectivity index (χ4n) is 2.93. The molecule has 0 aromatic heterocycles. The zero-order valence-corrected chi connectivity index (χ0v) is 9.83. The predicted molar refractivity (Wildman–Crippen MR) is 64.9 cm³/mol. The Balaban J connectivity index is 1.74. The molecule has 1 unspecified atom stereocenters. The van der Waals surface area contributed by atoms with Gasteiger partial charge in [-0.3, -0.25) is 0 Å². The van der Waals surface area contributed by atoms with Crippen LogP contribution in [0.15, 0.2) is 24.3 Å². The fourth-order valence-corrected chi connectivity index (χ4v) is 2.93. The molecule has 3 rings (SSSR count). The third-order valence-corrected chi connectivity index (χ3v) is 3.99. The summed E-state index contributed by atoms with van der Waals surface area (Å²) in [6.45, 7) is 2.04. The van der Waals surface area contributed by atoms with Gasteiger partial charge in [-0.15, -0.1) is 0 Å². The standard InChI is InChI=1S/C14H19NO/c1-15-10-14(6-7-14)8-11-9-16-13-5-3-2-4-12(11)13/h2-5,11,15H,6-10H2,1H3. The Morgan fingerprint density at radius 1 is 1.38 bits per heavy atom. The van der Waals surface area contributed by atoms with Gasteiger partial charge in [0.1, 0.15) is 5.75 Å². The molecule has 0 spiro atoms. The number of para-hydroxylation sites is 1. The maximum absolute atomic E-state index is 5.74. The summed E-state index contributed by atoms with van der Waals surface area (Å²) in [5.41, 5.74) is 1.99. The molecule has 0 amide bonds. The van der Waals surface area contributed by atoms with Gasteiger partial charge in [0, 0.05) is 18.0 Å². The minimum absolute atomic E-state index is 0.570. The summed E-state index contributed by atoms with van der Waals surface area (Å²) in [4.78, 5) is 0. The van der Waals surface area contributed by atoms with Gasteiger partial charge in [0.25, 0.3) is 0 Å². The number of fused-ring (bicyclic) bond motifs is 1. The van der Waals surface area contributed by atoms with Crippen LogP contribution in [-0.2, 0) is 0 Å². The number of hydrogen-bond acceptors (Lipinski definition) is 2. The topological polar surface area (TPSA) is 21.3 Å². The molecule has 0 saturated heterocycles. The van der Waals surface area contributed by atoms with E-state index in [2.05, 4.69) is 36.6 Å². The zero-order chi connectivity index (χ0) is 11.0. The molecule has 2 heteroatoms. The van der Waals surface area contributed by atoms with E-state index in [9.17, 15) is 0 Å². The monoisotopic (exact) mass is 217 g/mol. The van der Waals surface area contributed by atoms with E-state index < -0.39 is 0 Å². The highest BCUT2D eigenvalue weighted by Crippen LogP contribution is 2.53. The number of nitrogens with one attached hydrogen (secondary N) is 1. The van der Waals surface area contributed by atoms with Crippen molar-refractivity contribution in [2.24, 2.45) is 5.41 Å². The molecule has 86 valence electrons. The van der Waals surface area contributed by atoms with Gasteiger partial charge in [0.05, 0.1) is 6.61 Å². The van der Waals surface area contributed by atoms with Crippen molar-refractivity contribution in [3.05, 3.63) is 29.8 Å². The van der Waals surface area contributed by atoms with Crippen LogP contribution in [0.4, 0.5) is 0 Å². The van der Waals surface area contributed by atoms with Crippen LogP contribution >= 0.6 is 0 Å². The minimum atomic E-state index is 0.570. The second-order valence-corrected chi connectivity index (χ2v) is 5.28. The minimum Gasteiger partial charge on any atom is -0.493 e. The average Bonchev–Trinajstić information content (AvgIpc) is 2.93. The maximum atomic E-state index is 5.74. The van der Waals surface area contributed by atoms with E-state index >= 15 is 0 Å². The molecular formula is C14H19NO. The quantitative estimate of drug-likeness (QED) is 0.837. The average molecular weight is 217 g/mol. The summed E-state index contributed by atoms with van der Waals surface area (Å²) < 4.78 is 5.74. The van der Waals surface area contributed by atoms with Crippen LogP contribution in [0.2, 0.25) is 0 Å². The summed E-state index contributed by atoms with van der Waals surface area (Å²) in [5, 5.41) is 3.33. The molecule has 1 aliphatic heterocycles. The first-order valence-electron chi connectivity index (χ1n) is 6.19. The zero-order valence-electron chi connectivity index (χ0n) is 9.83. The Hall–Kier alpha value is -1.02. The molecule has 1 atom stereocenters. The number of rotatable bonds is 4. The summed E-state index contributed by atoms with van der Waals surface area (Å²) in [5.74, 6) is 1.72. The molecule has 2 nitrogen and oxygen atoms in total. The first kappa shape index (κ1) is 10.2. The first-order valence-corrected chi connectivity index (χ1v) is 6.19. The Morgan fingerprint density at radius 2 is 2.19 bits per heavy atom. The molecule has 1 aromatic rings. The summed E-state index contributed by atoms with van der Waals surface area (Å²) in [6.07, 6.45) is 4.05. The van der Waals surface area contributed by atoms with Gasteiger partial charge < -0.3 is 10.1 Å². The highest BCUT2D eigenvalue weighted by atomic mass is 16.5. The lowest BCUT2D eigenvalue weighted by molar-refractivity contribution is 0.297. The van der Waals surface area contributed by atoms with Gasteiger partial charge in [0.2, 0.25) is 0 Å². The van der Waals surface area contributed by atoms with Crippen LogP contribution in [0, 0.1) is 5.41 Å². The molecule has 1 N–H and O–H groups in total. The van der Waals surface area contributed by atoms with Crippen molar-refractivity contribution in [3.8, 4) is 5.75 Å². The van der Waals surface area contributed by atoms with E-state index in [1.54, 1.807) is 0 Å². The predicted octanol–water partition coefficient (Wildman–Crippen LogP) is 2.55. The fraction of sp³-hybridized carbons (Fsp3) is 0.571. The molecule has 1 saturated carbocycles. The lowest BCUT2D eigenvalue weighted by Gasteiger charge is -2.18. The van der Waals surface area contributed by atoms with Crippen molar-refractivity contribution in [2.45, 2.75) is 25.2 Å². The van der Waals surface area contributed by atoms with E-state index in [4.69, 9.17) is 4.74 Å². The van der Waals surface area contributed by atoms with Gasteiger partial charge in [-0.05, 0) is 37.8 Å². The maximum Gasteiger partial charge on any atom is 0.122 e. The second-order valence-electron chi connectivity index (χ2n) is 5.28. The Kier molecular flexibility index (Phi) is 2.40. The normalized spacial score (nSPS) is 24.9. The summed E-state index contributed by atoms with van der Waals surface area (Å²) in [6, 6.07) is 8.50. The summed E-state index contributed by atoms with van der Waals surface area (Å²) in [7, 11) is 2.05. The van der Waals surface area contributed by atoms with Crippen LogP contribution in [0.1, 0.15) is 30.7 Å². The number of hydrogen-bond donors (Lipinski definition) is 1. The Morgan fingerprint density at radius 3 is 2.94 bits per heavy atom. The van der Waals surface area contributed by atoms with Gasteiger partial charge >= 0.3 is 0 Å². The van der Waals surface area contributed by atoms with Crippen molar-refractivity contribution in [1.29, 1.82) is 0 Å². The molecule has 0 radical (unpaired) electrons. The second kappa shape index (κ2) is 3.77. The lowest BCUT2D eigenvalue weighted by atomic mass is 9.88. The largest absolute Gasteiger partial charge is 0.493 e. The van der Waals surface area contributed by atoms with E-state index in [0.29, 0.717) is 11.3 Å². The van der Waals surface area contributed by atoms with Crippen LogP contribution in [-0.4, -0.2) is 20.2 Å². The molecule has 1 aromatic carbocycles. The van der Waals surface area contributed by atoms with Crippen molar-refractivity contribution in [3.63, 3.8) is 0 Å². The Labute approximate surface area is 97.0 Å². The smallest absolute Gasteiger partial charge is 0.122 e. The molecule has 16 heavy (non-hydrogen) atoms. The van der Waals surface area contributed by atoms with Crippen LogP contribution < -0.4 is 10.1 Å². The number of ether oxygens (including phenoxy) is 1. The highest BCUT2D eigenvalue weighted by molar-refractivity contribution is 5.39. The summed E-state index contributed by atoms with van der Waals surface area (Å²) >= 11 is 0.